The molecule has 2 bridgehead atoms. The number of nitrogens with one attached hydrogen (secondary N) is 1. The monoisotopic (exact) mass is 334 g/mol. The van der Waals surface area contributed by atoms with Crippen molar-refractivity contribution in [3.63, 3.8) is 0 Å². The highest BCUT2D eigenvalue weighted by Gasteiger charge is 2.36. The van der Waals surface area contributed by atoms with Crippen LogP contribution >= 0.6 is 0 Å². The second-order valence-corrected chi connectivity index (χ2v) is 7.75. The third-order valence-electron chi connectivity index (χ3n) is 4.29. The van der Waals surface area contributed by atoms with Gasteiger partial charge < -0.3 is 5.32 Å². The van der Waals surface area contributed by atoms with Gasteiger partial charge in [0.15, 0.2) is 0 Å². The fourth-order valence-corrected chi connectivity index (χ4v) is 4.66. The van der Waals surface area contributed by atoms with E-state index in [9.17, 15) is 21.6 Å². The van der Waals surface area contributed by atoms with Crippen molar-refractivity contribution < 1.29 is 21.6 Å². The minimum Gasteiger partial charge on any atom is -0.310 e. The molecule has 2 fully saturated rings. The predicted octanol–water partition coefficient (Wildman–Crippen LogP) is 2.22. The lowest BCUT2D eigenvalue weighted by molar-refractivity contribution is -0.137. The Hall–Kier alpha value is -1.12. The van der Waals surface area contributed by atoms with E-state index in [1.807, 2.05) is 0 Å². The third kappa shape index (κ3) is 3.00. The Bertz CT molecular complexity index is 660. The Balaban J connectivity index is 1.89. The minimum atomic E-state index is -4.55. The normalized spacial score (nSPS) is 26.9. The van der Waals surface area contributed by atoms with Gasteiger partial charge in [0.2, 0.25) is 10.0 Å². The van der Waals surface area contributed by atoms with Gasteiger partial charge in [0.1, 0.15) is 0 Å². The van der Waals surface area contributed by atoms with Crippen molar-refractivity contribution in [3.8, 4) is 0 Å². The molecule has 0 amide bonds. The number of sulfonamides is 1. The van der Waals surface area contributed by atoms with E-state index in [0.29, 0.717) is 31.6 Å². The van der Waals surface area contributed by atoms with Crippen LogP contribution in [0, 0.1) is 0 Å². The van der Waals surface area contributed by atoms with E-state index in [0.717, 1.165) is 25.0 Å². The fourth-order valence-electron chi connectivity index (χ4n) is 3.11. The summed E-state index contributed by atoms with van der Waals surface area (Å²) in [6.07, 6.45) is -1.93. The molecule has 2 aliphatic heterocycles. The zero-order chi connectivity index (χ0) is 16.0. The van der Waals surface area contributed by atoms with Crippen LogP contribution in [0.25, 0.3) is 0 Å². The van der Waals surface area contributed by atoms with E-state index in [-0.39, 0.29) is 10.9 Å². The summed E-state index contributed by atoms with van der Waals surface area (Å²) in [5.41, 5.74) is -0.942. The van der Waals surface area contributed by atoms with Gasteiger partial charge in [-0.25, -0.2) is 8.42 Å². The van der Waals surface area contributed by atoms with Gasteiger partial charge in [0.05, 0.1) is 10.5 Å². The maximum absolute atomic E-state index is 12.8. The van der Waals surface area contributed by atoms with Crippen LogP contribution in [0.15, 0.2) is 29.2 Å². The largest absolute Gasteiger partial charge is 0.416 e. The average Bonchev–Trinajstić information content (AvgIpc) is 2.77. The molecule has 2 aliphatic rings. The van der Waals surface area contributed by atoms with E-state index in [4.69, 9.17) is 0 Å². The Morgan fingerprint density at radius 3 is 2.59 bits per heavy atom. The number of benzene rings is 1. The van der Waals surface area contributed by atoms with Gasteiger partial charge in [-0.3, -0.25) is 0 Å². The van der Waals surface area contributed by atoms with Crippen LogP contribution in [0.4, 0.5) is 13.2 Å². The molecular weight excluding hydrogens is 317 g/mol. The molecule has 4 nitrogen and oxygen atoms in total. The van der Waals surface area contributed by atoms with Gasteiger partial charge >= 0.3 is 6.18 Å². The second-order valence-electron chi connectivity index (χ2n) is 5.82. The zero-order valence-corrected chi connectivity index (χ0v) is 12.6. The molecule has 1 aromatic carbocycles. The standard InChI is InChI=1S/C14H17F3N2O2S/c15-14(16,17)10-2-1-3-13(8-10)22(20,21)19-7-6-11-4-5-12(9-19)18-11/h1-3,8,11-12,18H,4-7,9H2. The van der Waals surface area contributed by atoms with Gasteiger partial charge in [0, 0.05) is 25.2 Å². The highest BCUT2D eigenvalue weighted by atomic mass is 32.2. The van der Waals surface area contributed by atoms with E-state index in [1.165, 1.54) is 10.4 Å². The number of fused-ring (bicyclic) bond motifs is 2. The minimum absolute atomic E-state index is 0.0908. The highest BCUT2D eigenvalue weighted by Crippen LogP contribution is 2.32. The molecule has 2 heterocycles. The van der Waals surface area contributed by atoms with E-state index >= 15 is 0 Å². The highest BCUT2D eigenvalue weighted by molar-refractivity contribution is 7.89. The molecule has 0 radical (unpaired) electrons. The maximum atomic E-state index is 12.8. The first-order chi connectivity index (χ1) is 10.3. The summed E-state index contributed by atoms with van der Waals surface area (Å²) in [6, 6.07) is 4.36. The molecule has 3 rings (SSSR count). The van der Waals surface area contributed by atoms with Gasteiger partial charge in [-0.2, -0.15) is 17.5 Å². The number of rotatable bonds is 2. The number of nitrogens with zero attached hydrogens (tertiary/aromatic N) is 1. The van der Waals surface area contributed by atoms with E-state index < -0.39 is 21.8 Å². The Morgan fingerprint density at radius 1 is 1.14 bits per heavy atom. The van der Waals surface area contributed by atoms with Crippen molar-refractivity contribution >= 4 is 10.0 Å². The molecule has 2 saturated heterocycles. The quantitative estimate of drug-likeness (QED) is 0.902. The molecule has 8 heteroatoms. The molecule has 0 aromatic heterocycles. The lowest BCUT2D eigenvalue weighted by Crippen LogP contribution is -2.39. The number of hydrogen-bond donors (Lipinski definition) is 1. The first kappa shape index (κ1) is 15.8. The van der Waals surface area contributed by atoms with Crippen LogP contribution in [-0.4, -0.2) is 37.9 Å². The molecule has 0 saturated carbocycles. The van der Waals surface area contributed by atoms with Crippen molar-refractivity contribution in [2.75, 3.05) is 13.1 Å². The van der Waals surface area contributed by atoms with Crippen LogP contribution in [-0.2, 0) is 16.2 Å². The predicted molar refractivity (Wildman–Crippen MR) is 74.8 cm³/mol. The van der Waals surface area contributed by atoms with Crippen molar-refractivity contribution in [1.29, 1.82) is 0 Å². The molecule has 0 spiro atoms. The van der Waals surface area contributed by atoms with Crippen molar-refractivity contribution in [1.82, 2.24) is 9.62 Å². The first-order valence-electron chi connectivity index (χ1n) is 7.20. The summed E-state index contributed by atoms with van der Waals surface area (Å²) in [4.78, 5) is -0.292. The Morgan fingerprint density at radius 2 is 1.86 bits per heavy atom. The molecule has 1 N–H and O–H groups in total. The molecule has 2 atom stereocenters. The van der Waals surface area contributed by atoms with Crippen LogP contribution in [0.2, 0.25) is 0 Å². The molecule has 122 valence electrons. The number of hydrogen-bond acceptors (Lipinski definition) is 3. The summed E-state index contributed by atoms with van der Waals surface area (Å²) < 4.78 is 64.9. The summed E-state index contributed by atoms with van der Waals surface area (Å²) in [5.74, 6) is 0. The number of halogens is 3. The van der Waals surface area contributed by atoms with Gasteiger partial charge in [-0.15, -0.1) is 0 Å². The maximum Gasteiger partial charge on any atom is 0.416 e. The van der Waals surface area contributed by atoms with Crippen molar-refractivity contribution in [2.24, 2.45) is 0 Å². The zero-order valence-electron chi connectivity index (χ0n) is 11.8. The summed E-state index contributed by atoms with van der Waals surface area (Å²) in [5, 5.41) is 3.36. The summed E-state index contributed by atoms with van der Waals surface area (Å²) >= 11 is 0. The lowest BCUT2D eigenvalue weighted by atomic mass is 10.1. The van der Waals surface area contributed by atoms with Crippen LogP contribution in [0.5, 0.6) is 0 Å². The third-order valence-corrected chi connectivity index (χ3v) is 6.15. The second kappa shape index (κ2) is 5.50. The van der Waals surface area contributed by atoms with E-state index in [1.54, 1.807) is 0 Å². The molecule has 22 heavy (non-hydrogen) atoms. The smallest absolute Gasteiger partial charge is 0.310 e. The van der Waals surface area contributed by atoms with Crippen molar-refractivity contribution in [2.45, 2.75) is 42.4 Å². The first-order valence-corrected chi connectivity index (χ1v) is 8.64. The average molecular weight is 334 g/mol. The van der Waals surface area contributed by atoms with Gasteiger partial charge in [-0.1, -0.05) is 6.07 Å². The SMILES string of the molecule is O=S(=O)(c1cccc(C(F)(F)F)c1)N1CCC2CCC(C1)N2. The molecular formula is C14H17F3N2O2S. The van der Waals surface area contributed by atoms with E-state index in [2.05, 4.69) is 5.32 Å². The lowest BCUT2D eigenvalue weighted by Gasteiger charge is -2.24. The van der Waals surface area contributed by atoms with Crippen LogP contribution in [0.1, 0.15) is 24.8 Å². The Labute approximate surface area is 127 Å². The Kier molecular flexibility index (Phi) is 3.94. The number of alkyl halides is 3. The fraction of sp³-hybridized carbons (Fsp3) is 0.571. The summed E-state index contributed by atoms with van der Waals surface area (Å²) in [6.45, 7) is 0.655. The molecule has 0 aliphatic carbocycles. The van der Waals surface area contributed by atoms with Crippen LogP contribution < -0.4 is 5.32 Å². The van der Waals surface area contributed by atoms with Crippen LogP contribution in [0.3, 0.4) is 0 Å². The van der Waals surface area contributed by atoms with Gasteiger partial charge in [0.25, 0.3) is 0 Å². The summed E-state index contributed by atoms with van der Waals surface area (Å²) in [7, 11) is -3.90. The molecule has 2 unspecified atom stereocenters. The van der Waals surface area contributed by atoms with Crippen molar-refractivity contribution in [3.05, 3.63) is 29.8 Å². The molecule has 1 aromatic rings. The van der Waals surface area contributed by atoms with Gasteiger partial charge in [-0.05, 0) is 37.5 Å². The topological polar surface area (TPSA) is 49.4 Å².